The van der Waals surface area contributed by atoms with Gasteiger partial charge < -0.3 is 15.0 Å². The largest absolute Gasteiger partial charge is 0.363 e. The molecule has 0 bridgehead atoms. The van der Waals surface area contributed by atoms with Crippen molar-refractivity contribution in [1.29, 1.82) is 0 Å². The molecule has 1 aliphatic heterocycles. The Morgan fingerprint density at radius 1 is 1.42 bits per heavy atom. The number of carbonyl (C=O) groups is 1. The van der Waals surface area contributed by atoms with E-state index in [1.54, 1.807) is 0 Å². The fourth-order valence-corrected chi connectivity index (χ4v) is 2.33. The monoisotopic (exact) mass is 262 g/mol. The summed E-state index contributed by atoms with van der Waals surface area (Å²) in [6.45, 7) is 7.17. The molecule has 19 heavy (non-hydrogen) atoms. The second-order valence-electron chi connectivity index (χ2n) is 5.06. The van der Waals surface area contributed by atoms with Gasteiger partial charge in [0.05, 0.1) is 6.61 Å². The van der Waals surface area contributed by atoms with E-state index < -0.39 is 5.60 Å². The number of nitrogens with zero attached hydrogens (tertiary/aromatic N) is 1. The van der Waals surface area contributed by atoms with Gasteiger partial charge in [-0.15, -0.1) is 0 Å². The molecule has 4 nitrogen and oxygen atoms in total. The van der Waals surface area contributed by atoms with Crippen LogP contribution in [0.3, 0.4) is 0 Å². The Labute approximate surface area is 114 Å². The highest BCUT2D eigenvalue weighted by Gasteiger charge is 2.38. The van der Waals surface area contributed by atoms with Crippen molar-refractivity contribution in [2.24, 2.45) is 0 Å². The first-order valence-corrected chi connectivity index (χ1v) is 6.83. The van der Waals surface area contributed by atoms with Gasteiger partial charge >= 0.3 is 0 Å². The van der Waals surface area contributed by atoms with Crippen LogP contribution < -0.4 is 5.32 Å². The maximum Gasteiger partial charge on any atom is 0.256 e. The van der Waals surface area contributed by atoms with Gasteiger partial charge in [0, 0.05) is 26.2 Å². The van der Waals surface area contributed by atoms with E-state index in [9.17, 15) is 4.79 Å². The number of morpholine rings is 1. The van der Waals surface area contributed by atoms with Crippen LogP contribution in [0.4, 0.5) is 0 Å². The quantitative estimate of drug-likeness (QED) is 0.892. The Hall–Kier alpha value is -1.39. The molecule has 1 amide bonds. The van der Waals surface area contributed by atoms with Crippen LogP contribution in [0.15, 0.2) is 30.3 Å². The molecule has 1 aromatic carbocycles. The summed E-state index contributed by atoms with van der Waals surface area (Å²) in [5.41, 5.74) is 0.410. The van der Waals surface area contributed by atoms with Gasteiger partial charge in [0.25, 0.3) is 5.91 Å². The highest BCUT2D eigenvalue weighted by Crippen LogP contribution is 2.18. The number of likely N-dealkylation sites (N-methyl/N-ethyl adjacent to an activating group) is 1. The van der Waals surface area contributed by atoms with Gasteiger partial charge in [0.2, 0.25) is 0 Å². The van der Waals surface area contributed by atoms with Gasteiger partial charge in [-0.05, 0) is 19.4 Å². The third-order valence-electron chi connectivity index (χ3n) is 3.50. The molecule has 0 aromatic heterocycles. The van der Waals surface area contributed by atoms with Gasteiger partial charge in [-0.1, -0.05) is 30.3 Å². The number of amides is 1. The molecule has 1 saturated heterocycles. The molecule has 4 heteroatoms. The first kappa shape index (κ1) is 14.0. The van der Waals surface area contributed by atoms with E-state index in [4.69, 9.17) is 4.74 Å². The Kier molecular flexibility index (Phi) is 4.56. The van der Waals surface area contributed by atoms with Crippen molar-refractivity contribution in [2.75, 3.05) is 26.2 Å². The smallest absolute Gasteiger partial charge is 0.256 e. The zero-order valence-corrected chi connectivity index (χ0v) is 11.7. The van der Waals surface area contributed by atoms with Crippen LogP contribution in [0.5, 0.6) is 0 Å². The zero-order valence-electron chi connectivity index (χ0n) is 11.7. The van der Waals surface area contributed by atoms with Crippen LogP contribution in [0.25, 0.3) is 0 Å². The van der Waals surface area contributed by atoms with E-state index >= 15 is 0 Å². The molecule has 2 rings (SSSR count). The molecule has 0 spiro atoms. The number of nitrogens with one attached hydrogen (secondary N) is 1. The lowest BCUT2D eigenvalue weighted by Gasteiger charge is -2.37. The predicted molar refractivity (Wildman–Crippen MR) is 74.8 cm³/mol. The van der Waals surface area contributed by atoms with Gasteiger partial charge in [0.1, 0.15) is 0 Å². The average molecular weight is 262 g/mol. The van der Waals surface area contributed by atoms with Crippen molar-refractivity contribution in [3.8, 4) is 0 Å². The van der Waals surface area contributed by atoms with Crippen LogP contribution in [0, 0.1) is 0 Å². The molecule has 1 fully saturated rings. The normalized spacial score (nSPS) is 23.1. The maximum absolute atomic E-state index is 12.6. The molecule has 1 heterocycles. The summed E-state index contributed by atoms with van der Waals surface area (Å²) >= 11 is 0. The predicted octanol–water partition coefficient (Wildman–Crippen LogP) is 1.41. The summed E-state index contributed by atoms with van der Waals surface area (Å²) in [7, 11) is 0. The third-order valence-corrected chi connectivity index (χ3v) is 3.50. The number of benzene rings is 1. The van der Waals surface area contributed by atoms with Crippen LogP contribution in [-0.4, -0.2) is 42.6 Å². The standard InChI is InChI=1S/C15H22N2O2/c1-3-17(11-13-7-5-4-6-8-13)14(18)15(2)12-16-9-10-19-15/h4-8,16H,3,9-12H2,1-2H3. The second kappa shape index (κ2) is 6.17. The Morgan fingerprint density at radius 3 is 2.74 bits per heavy atom. The number of hydrogen-bond acceptors (Lipinski definition) is 3. The Balaban J connectivity index is 2.06. The van der Waals surface area contributed by atoms with Crippen LogP contribution in [0.2, 0.25) is 0 Å². The molecule has 104 valence electrons. The first-order valence-electron chi connectivity index (χ1n) is 6.83. The lowest BCUT2D eigenvalue weighted by molar-refractivity contribution is -0.159. The lowest BCUT2D eigenvalue weighted by Crippen LogP contribution is -2.57. The molecular weight excluding hydrogens is 240 g/mol. The van der Waals surface area contributed by atoms with Gasteiger partial charge in [-0.3, -0.25) is 4.79 Å². The molecule has 1 N–H and O–H groups in total. The average Bonchev–Trinajstić information content (AvgIpc) is 2.46. The Morgan fingerprint density at radius 2 is 2.16 bits per heavy atom. The van der Waals surface area contributed by atoms with Crippen LogP contribution >= 0.6 is 0 Å². The minimum atomic E-state index is -0.733. The number of carbonyl (C=O) groups excluding carboxylic acids is 1. The second-order valence-corrected chi connectivity index (χ2v) is 5.06. The minimum absolute atomic E-state index is 0.0612. The third kappa shape index (κ3) is 3.33. The molecule has 1 aliphatic rings. The number of ether oxygens (including phenoxy) is 1. The molecule has 1 atom stereocenters. The van der Waals surface area contributed by atoms with E-state index in [2.05, 4.69) is 5.32 Å². The van der Waals surface area contributed by atoms with E-state index in [0.29, 0.717) is 26.2 Å². The summed E-state index contributed by atoms with van der Waals surface area (Å²) in [5.74, 6) is 0.0612. The number of rotatable bonds is 4. The summed E-state index contributed by atoms with van der Waals surface area (Å²) < 4.78 is 5.69. The minimum Gasteiger partial charge on any atom is -0.363 e. The van der Waals surface area contributed by atoms with Crippen molar-refractivity contribution in [3.63, 3.8) is 0 Å². The van der Waals surface area contributed by atoms with E-state index in [1.807, 2.05) is 49.1 Å². The van der Waals surface area contributed by atoms with Crippen molar-refractivity contribution < 1.29 is 9.53 Å². The summed E-state index contributed by atoms with van der Waals surface area (Å²) in [5, 5.41) is 3.23. The molecule has 0 radical (unpaired) electrons. The summed E-state index contributed by atoms with van der Waals surface area (Å²) in [6.07, 6.45) is 0. The van der Waals surface area contributed by atoms with Crippen LogP contribution in [-0.2, 0) is 16.1 Å². The summed E-state index contributed by atoms with van der Waals surface area (Å²) in [6, 6.07) is 10.1. The van der Waals surface area contributed by atoms with E-state index in [-0.39, 0.29) is 5.91 Å². The number of hydrogen-bond donors (Lipinski definition) is 1. The van der Waals surface area contributed by atoms with Gasteiger partial charge in [0.15, 0.2) is 5.60 Å². The SMILES string of the molecule is CCN(Cc1ccccc1)C(=O)C1(C)CNCCO1. The fourth-order valence-electron chi connectivity index (χ4n) is 2.33. The van der Waals surface area contributed by atoms with E-state index in [1.165, 1.54) is 0 Å². The highest BCUT2D eigenvalue weighted by molar-refractivity contribution is 5.85. The maximum atomic E-state index is 12.6. The van der Waals surface area contributed by atoms with E-state index in [0.717, 1.165) is 12.1 Å². The van der Waals surface area contributed by atoms with Crippen molar-refractivity contribution in [2.45, 2.75) is 26.0 Å². The first-order chi connectivity index (χ1) is 9.15. The topological polar surface area (TPSA) is 41.6 Å². The zero-order chi connectivity index (χ0) is 13.7. The van der Waals surface area contributed by atoms with Crippen molar-refractivity contribution in [1.82, 2.24) is 10.2 Å². The fraction of sp³-hybridized carbons (Fsp3) is 0.533. The highest BCUT2D eigenvalue weighted by atomic mass is 16.5. The molecule has 1 aromatic rings. The summed E-state index contributed by atoms with van der Waals surface area (Å²) in [4.78, 5) is 14.5. The molecular formula is C15H22N2O2. The van der Waals surface area contributed by atoms with Crippen LogP contribution in [0.1, 0.15) is 19.4 Å². The molecule has 0 aliphatic carbocycles. The van der Waals surface area contributed by atoms with Gasteiger partial charge in [-0.2, -0.15) is 0 Å². The lowest BCUT2D eigenvalue weighted by atomic mass is 10.0. The van der Waals surface area contributed by atoms with Crippen molar-refractivity contribution in [3.05, 3.63) is 35.9 Å². The Bertz CT molecular complexity index is 413. The molecule has 1 unspecified atom stereocenters. The van der Waals surface area contributed by atoms with Gasteiger partial charge in [-0.25, -0.2) is 0 Å². The molecule has 0 saturated carbocycles. The van der Waals surface area contributed by atoms with Crippen molar-refractivity contribution >= 4 is 5.91 Å².